The molecule has 1 atom stereocenters. The number of hydrogen-bond donors (Lipinski definition) is 0. The van der Waals surface area contributed by atoms with Crippen molar-refractivity contribution in [1.29, 1.82) is 0 Å². The first kappa shape index (κ1) is 11.7. The van der Waals surface area contributed by atoms with Crippen molar-refractivity contribution in [1.82, 2.24) is 0 Å². The first-order chi connectivity index (χ1) is 7.06. The summed E-state index contributed by atoms with van der Waals surface area (Å²) in [6, 6.07) is 3.19. The smallest absolute Gasteiger partial charge is 0.319 e. The van der Waals surface area contributed by atoms with Crippen LogP contribution in [-0.4, -0.2) is 9.85 Å². The predicted molar refractivity (Wildman–Crippen MR) is 57.7 cm³/mol. The van der Waals surface area contributed by atoms with Gasteiger partial charge in [-0.15, -0.1) is 0 Å². The Morgan fingerprint density at radius 2 is 1.93 bits per heavy atom. The van der Waals surface area contributed by atoms with E-state index in [4.69, 9.17) is 4.18 Å². The molecule has 80 valence electrons. The summed E-state index contributed by atoms with van der Waals surface area (Å²) in [6.45, 7) is 0. The fourth-order valence-corrected chi connectivity index (χ4v) is 1.44. The Morgan fingerprint density at radius 1 is 1.27 bits per heavy atom. The summed E-state index contributed by atoms with van der Waals surface area (Å²) >= 11 is 0.843. The third-order valence-corrected chi connectivity index (χ3v) is 2.05. The largest absolute Gasteiger partial charge is 0.415 e. The molecule has 15 heavy (non-hydrogen) atoms. The van der Waals surface area contributed by atoms with E-state index in [9.17, 15) is 20.2 Å². The number of nitro benzene ring substituents is 2. The summed E-state index contributed by atoms with van der Waals surface area (Å²) < 4.78 is 4.85. The quantitative estimate of drug-likeness (QED) is 0.351. The zero-order valence-electron chi connectivity index (χ0n) is 7.15. The van der Waals surface area contributed by atoms with Crippen molar-refractivity contribution in [3.63, 3.8) is 0 Å². The highest BCUT2D eigenvalue weighted by molar-refractivity contribution is 8.41. The van der Waals surface area contributed by atoms with Gasteiger partial charge in [-0.1, -0.05) is 0 Å². The molecule has 1 aromatic rings. The Morgan fingerprint density at radius 3 is 2.40 bits per heavy atom. The molecular formula is C6H5N2O5PS. The third-order valence-electron chi connectivity index (χ3n) is 1.49. The van der Waals surface area contributed by atoms with E-state index in [-0.39, 0.29) is 11.4 Å². The molecule has 1 aromatic carbocycles. The molecule has 0 spiro atoms. The van der Waals surface area contributed by atoms with Crippen LogP contribution >= 0.6 is 20.1 Å². The molecule has 0 aliphatic rings. The van der Waals surface area contributed by atoms with Gasteiger partial charge in [0.15, 0.2) is 0 Å². The van der Waals surface area contributed by atoms with Gasteiger partial charge < -0.3 is 4.18 Å². The average molecular weight is 248 g/mol. The fraction of sp³-hybridized carbons (Fsp3) is 0. The van der Waals surface area contributed by atoms with E-state index in [1.807, 2.05) is 0 Å². The van der Waals surface area contributed by atoms with Gasteiger partial charge in [0.05, 0.1) is 27.6 Å². The molecule has 0 radical (unpaired) electrons. The molecule has 0 aromatic heterocycles. The van der Waals surface area contributed by atoms with Crippen molar-refractivity contribution in [3.05, 3.63) is 38.4 Å². The maximum Gasteiger partial charge on any atom is 0.319 e. The van der Waals surface area contributed by atoms with Crippen LogP contribution in [0.1, 0.15) is 0 Å². The summed E-state index contributed by atoms with van der Waals surface area (Å²) in [4.78, 5) is 19.5. The van der Waals surface area contributed by atoms with Crippen molar-refractivity contribution < 1.29 is 14.0 Å². The van der Waals surface area contributed by atoms with Gasteiger partial charge in [0.1, 0.15) is 0 Å². The number of nitrogens with zero attached hydrogens (tertiary/aromatic N) is 2. The highest BCUT2D eigenvalue weighted by Gasteiger charge is 2.20. The van der Waals surface area contributed by atoms with E-state index in [0.717, 1.165) is 23.8 Å². The van der Waals surface area contributed by atoms with Gasteiger partial charge in [-0.2, -0.15) is 0 Å². The second-order valence-electron chi connectivity index (χ2n) is 2.35. The van der Waals surface area contributed by atoms with Crippen LogP contribution in [0.3, 0.4) is 0 Å². The topological polar surface area (TPSA) is 95.5 Å². The van der Waals surface area contributed by atoms with Crippen LogP contribution in [-0.2, 0) is 0 Å². The Labute approximate surface area is 90.3 Å². The lowest BCUT2D eigenvalue weighted by Crippen LogP contribution is -1.94. The highest BCUT2D eigenvalue weighted by Crippen LogP contribution is 2.34. The van der Waals surface area contributed by atoms with E-state index in [2.05, 4.69) is 8.44 Å². The monoisotopic (exact) mass is 248 g/mol. The normalized spacial score (nSPS) is 9.67. The first-order valence-corrected chi connectivity index (χ1v) is 5.74. The molecule has 0 N–H and O–H groups in total. The highest BCUT2D eigenvalue weighted by atomic mass is 32.7. The van der Waals surface area contributed by atoms with Crippen LogP contribution in [0.5, 0.6) is 5.75 Å². The number of hydrogen-bond acceptors (Lipinski definition) is 6. The molecule has 0 amide bonds. The van der Waals surface area contributed by atoms with Crippen molar-refractivity contribution >= 4 is 31.5 Å². The lowest BCUT2D eigenvalue weighted by molar-refractivity contribution is -0.394. The third kappa shape index (κ3) is 2.77. The van der Waals surface area contributed by atoms with E-state index < -0.39 is 15.5 Å². The standard InChI is InChI=1S/C6H5N2O5PS/c9-7(10)4-1-2-6(13-15-14)5(3-4)8(11)12/h1-3H,14H2. The van der Waals surface area contributed by atoms with Gasteiger partial charge in [0.25, 0.3) is 5.69 Å². The predicted octanol–water partition coefficient (Wildman–Crippen LogP) is 2.32. The average Bonchev–Trinajstić information content (AvgIpc) is 2.18. The molecule has 9 heteroatoms. The number of rotatable bonds is 4. The van der Waals surface area contributed by atoms with Gasteiger partial charge in [-0.25, -0.2) is 0 Å². The summed E-state index contributed by atoms with van der Waals surface area (Å²) in [5.74, 6) is -0.0226. The van der Waals surface area contributed by atoms with Crippen molar-refractivity contribution in [2.45, 2.75) is 0 Å². The second kappa shape index (κ2) is 4.90. The van der Waals surface area contributed by atoms with Crippen LogP contribution in [0.4, 0.5) is 11.4 Å². The van der Waals surface area contributed by atoms with Crippen LogP contribution < -0.4 is 4.18 Å². The van der Waals surface area contributed by atoms with Crippen LogP contribution in [0.15, 0.2) is 18.2 Å². The summed E-state index contributed by atoms with van der Waals surface area (Å²) in [7, 11) is 2.15. The lowest BCUT2D eigenvalue weighted by Gasteiger charge is -2.01. The zero-order chi connectivity index (χ0) is 11.4. The molecule has 0 heterocycles. The molecule has 0 aliphatic heterocycles. The number of nitro groups is 2. The van der Waals surface area contributed by atoms with Crippen molar-refractivity contribution in [2.24, 2.45) is 0 Å². The molecule has 0 fully saturated rings. The molecule has 0 saturated heterocycles. The molecular weight excluding hydrogens is 243 g/mol. The molecule has 1 rings (SSSR count). The lowest BCUT2D eigenvalue weighted by atomic mass is 10.2. The Balaban J connectivity index is 3.20. The zero-order valence-corrected chi connectivity index (χ0v) is 9.12. The van der Waals surface area contributed by atoms with Gasteiger partial charge in [0.2, 0.25) is 5.75 Å². The minimum absolute atomic E-state index is 0.0226. The molecule has 1 unspecified atom stereocenters. The Hall–Kier alpha value is -1.40. The van der Waals surface area contributed by atoms with E-state index in [1.54, 1.807) is 0 Å². The van der Waals surface area contributed by atoms with E-state index >= 15 is 0 Å². The maximum atomic E-state index is 10.6. The molecule has 0 bridgehead atoms. The van der Waals surface area contributed by atoms with E-state index in [0.29, 0.717) is 0 Å². The SMILES string of the molecule is O=[N+]([O-])c1ccc(OSP)c([N+](=O)[O-])c1. The van der Waals surface area contributed by atoms with Crippen LogP contribution in [0, 0.1) is 20.2 Å². The maximum absolute atomic E-state index is 10.6. The Bertz CT molecular complexity index is 413. The minimum Gasteiger partial charge on any atom is -0.415 e. The minimum atomic E-state index is -0.733. The van der Waals surface area contributed by atoms with Crippen LogP contribution in [0.2, 0.25) is 0 Å². The summed E-state index contributed by atoms with van der Waals surface area (Å²) in [6.07, 6.45) is 0. The first-order valence-electron chi connectivity index (χ1n) is 3.52. The summed E-state index contributed by atoms with van der Waals surface area (Å²) in [5, 5.41) is 20.9. The van der Waals surface area contributed by atoms with Gasteiger partial charge in [-0.3, -0.25) is 20.2 Å². The van der Waals surface area contributed by atoms with Gasteiger partial charge in [0, 0.05) is 6.07 Å². The molecule has 0 saturated carbocycles. The Kier molecular flexibility index (Phi) is 3.81. The number of benzene rings is 1. The number of non-ortho nitro benzene ring substituents is 1. The summed E-state index contributed by atoms with van der Waals surface area (Å²) in [5.41, 5.74) is -0.776. The van der Waals surface area contributed by atoms with Gasteiger partial charge in [-0.05, 0) is 14.5 Å². The molecule has 0 aliphatic carbocycles. The van der Waals surface area contributed by atoms with Crippen molar-refractivity contribution in [3.8, 4) is 5.75 Å². The van der Waals surface area contributed by atoms with E-state index in [1.165, 1.54) is 6.07 Å². The molecule has 7 nitrogen and oxygen atoms in total. The van der Waals surface area contributed by atoms with Crippen LogP contribution in [0.25, 0.3) is 0 Å². The second-order valence-corrected chi connectivity index (χ2v) is 3.28. The fourth-order valence-electron chi connectivity index (χ4n) is 0.884. The van der Waals surface area contributed by atoms with Gasteiger partial charge >= 0.3 is 5.69 Å². The van der Waals surface area contributed by atoms with Crippen molar-refractivity contribution in [2.75, 3.05) is 0 Å².